The molecule has 1 atom stereocenters. The number of aromatic nitrogens is 3. The lowest BCUT2D eigenvalue weighted by atomic mass is 10.0. The first-order valence-electron chi connectivity index (χ1n) is 16.8. The molecule has 1 amide bonds. The van der Waals surface area contributed by atoms with Gasteiger partial charge in [-0.2, -0.15) is 0 Å². The molecule has 4 fully saturated rings. The quantitative estimate of drug-likeness (QED) is 0.302. The molecular formula is C35H45N9O3. The Kier molecular flexibility index (Phi) is 9.23. The molecule has 3 saturated heterocycles. The fourth-order valence-corrected chi connectivity index (χ4v) is 7.11. The van der Waals surface area contributed by atoms with Crippen LogP contribution in [0.1, 0.15) is 49.4 Å². The van der Waals surface area contributed by atoms with Crippen LogP contribution in [0.3, 0.4) is 0 Å². The minimum Gasteiger partial charge on any atom is -0.494 e. The molecule has 4 aliphatic rings. The zero-order chi connectivity index (χ0) is 32.3. The van der Waals surface area contributed by atoms with Gasteiger partial charge in [0.05, 0.1) is 36.8 Å². The Morgan fingerprint density at radius 1 is 0.936 bits per heavy atom. The molecule has 1 aliphatic carbocycles. The first-order valence-corrected chi connectivity index (χ1v) is 16.8. The number of pyridine rings is 1. The van der Waals surface area contributed by atoms with Crippen LogP contribution in [0.5, 0.6) is 5.75 Å². The lowest BCUT2D eigenvalue weighted by Crippen LogP contribution is -2.53. The van der Waals surface area contributed by atoms with Crippen LogP contribution in [0, 0.1) is 6.92 Å². The van der Waals surface area contributed by atoms with Crippen LogP contribution < -0.4 is 25.3 Å². The van der Waals surface area contributed by atoms with E-state index in [1.165, 1.54) is 38.3 Å². The van der Waals surface area contributed by atoms with Crippen LogP contribution in [-0.2, 0) is 9.63 Å². The lowest BCUT2D eigenvalue weighted by molar-refractivity contribution is -0.111. The van der Waals surface area contributed by atoms with Gasteiger partial charge in [0.25, 0.3) is 0 Å². The van der Waals surface area contributed by atoms with Gasteiger partial charge < -0.3 is 20.3 Å². The summed E-state index contributed by atoms with van der Waals surface area (Å²) in [6, 6.07) is 11.3. The first-order chi connectivity index (χ1) is 23.0. The number of anilines is 5. The summed E-state index contributed by atoms with van der Waals surface area (Å²) in [5, 5.41) is 8.26. The van der Waals surface area contributed by atoms with Gasteiger partial charge in [-0.1, -0.05) is 12.6 Å². The van der Waals surface area contributed by atoms with Gasteiger partial charge in [-0.05, 0) is 56.4 Å². The monoisotopic (exact) mass is 639 g/mol. The van der Waals surface area contributed by atoms with E-state index in [1.54, 1.807) is 7.11 Å². The fourth-order valence-electron chi connectivity index (χ4n) is 7.11. The standard InChI is InChI=1S/C35H45N9O3/c1-4-35(45)40-28-19-29(39-33-21-34(38-23-37-33)44-30(11-18-47-44)25-6-5-24(2)36-22-25)32(46-3)20-31(28)43-12-9-27(10-13-43)42-16-14-41(15-17-42)26-7-8-26/h4-6,19-23,26-27,30H,1,7-18H2,2-3H3,(H,40,45)(H,37,38,39)/t30-/m1/s1. The van der Waals surface area contributed by atoms with Crippen molar-refractivity contribution in [2.45, 2.75) is 57.2 Å². The topological polar surface area (TPSA) is 111 Å². The summed E-state index contributed by atoms with van der Waals surface area (Å²) in [4.78, 5) is 39.8. The van der Waals surface area contributed by atoms with Gasteiger partial charge in [-0.15, -0.1) is 0 Å². The molecule has 0 bridgehead atoms. The van der Waals surface area contributed by atoms with E-state index >= 15 is 0 Å². The molecule has 5 heterocycles. The zero-order valence-corrected chi connectivity index (χ0v) is 27.4. The van der Waals surface area contributed by atoms with E-state index in [-0.39, 0.29) is 11.9 Å². The second kappa shape index (κ2) is 13.8. The van der Waals surface area contributed by atoms with Crippen molar-refractivity contribution in [1.29, 1.82) is 0 Å². The number of hydrogen-bond acceptors (Lipinski definition) is 11. The molecule has 12 nitrogen and oxygen atoms in total. The van der Waals surface area contributed by atoms with Crippen molar-refractivity contribution in [3.8, 4) is 5.75 Å². The number of nitrogens with zero attached hydrogens (tertiary/aromatic N) is 7. The van der Waals surface area contributed by atoms with E-state index in [1.807, 2.05) is 42.4 Å². The molecule has 0 spiro atoms. The maximum Gasteiger partial charge on any atom is 0.247 e. The van der Waals surface area contributed by atoms with Crippen LogP contribution in [-0.4, -0.2) is 95.7 Å². The van der Waals surface area contributed by atoms with Gasteiger partial charge in [-0.25, -0.2) is 15.0 Å². The zero-order valence-electron chi connectivity index (χ0n) is 27.4. The largest absolute Gasteiger partial charge is 0.494 e. The Bertz CT molecular complexity index is 1560. The van der Waals surface area contributed by atoms with E-state index in [2.05, 4.69) is 52.9 Å². The summed E-state index contributed by atoms with van der Waals surface area (Å²) in [6.07, 6.45) is 10.5. The number of carbonyl (C=O) groups is 1. The van der Waals surface area contributed by atoms with Gasteiger partial charge in [0.1, 0.15) is 17.9 Å². The summed E-state index contributed by atoms with van der Waals surface area (Å²) >= 11 is 0. The van der Waals surface area contributed by atoms with E-state index in [0.717, 1.165) is 68.4 Å². The molecule has 12 heteroatoms. The average molecular weight is 640 g/mol. The number of nitrogens with one attached hydrogen (secondary N) is 2. The first kappa shape index (κ1) is 31.3. The van der Waals surface area contributed by atoms with Crippen molar-refractivity contribution in [3.63, 3.8) is 0 Å². The number of rotatable bonds is 10. The number of ether oxygens (including phenoxy) is 1. The van der Waals surface area contributed by atoms with Gasteiger partial charge in [0.15, 0.2) is 5.82 Å². The third kappa shape index (κ3) is 7.04. The average Bonchev–Trinajstić information content (AvgIpc) is 3.85. The van der Waals surface area contributed by atoms with E-state index in [4.69, 9.17) is 9.57 Å². The molecule has 0 unspecified atom stereocenters. The Hall–Kier alpha value is -4.26. The number of hydrogen-bond donors (Lipinski definition) is 2. The Balaban J connectivity index is 1.08. The molecular weight excluding hydrogens is 594 g/mol. The van der Waals surface area contributed by atoms with Gasteiger partial charge in [0, 0.05) is 81.8 Å². The minimum atomic E-state index is -0.266. The third-order valence-electron chi connectivity index (χ3n) is 9.86. The van der Waals surface area contributed by atoms with Crippen LogP contribution in [0.25, 0.3) is 0 Å². The van der Waals surface area contributed by atoms with E-state index < -0.39 is 0 Å². The highest BCUT2D eigenvalue weighted by atomic mass is 16.7. The number of benzene rings is 1. The minimum absolute atomic E-state index is 0.00289. The molecule has 1 aromatic carbocycles. The number of piperidine rings is 1. The molecule has 2 aromatic heterocycles. The lowest BCUT2D eigenvalue weighted by Gasteiger charge is -2.43. The maximum absolute atomic E-state index is 12.6. The van der Waals surface area contributed by atoms with Crippen LogP contribution in [0.2, 0.25) is 0 Å². The maximum atomic E-state index is 12.6. The Morgan fingerprint density at radius 3 is 2.34 bits per heavy atom. The Morgan fingerprint density at radius 2 is 1.68 bits per heavy atom. The predicted molar refractivity (Wildman–Crippen MR) is 183 cm³/mol. The normalized spacial score (nSPS) is 21.1. The Labute approximate surface area is 276 Å². The number of piperazine rings is 1. The molecule has 248 valence electrons. The molecule has 3 aromatic rings. The highest BCUT2D eigenvalue weighted by Gasteiger charge is 2.34. The van der Waals surface area contributed by atoms with Gasteiger partial charge in [0.2, 0.25) is 5.91 Å². The second-order valence-corrected chi connectivity index (χ2v) is 12.9. The van der Waals surface area contributed by atoms with Crippen molar-refractivity contribution in [3.05, 3.63) is 66.8 Å². The number of carbonyl (C=O) groups excluding carboxylic acids is 1. The van der Waals surface area contributed by atoms with Crippen molar-refractivity contribution in [2.24, 2.45) is 0 Å². The molecule has 2 N–H and O–H groups in total. The molecule has 7 rings (SSSR count). The second-order valence-electron chi connectivity index (χ2n) is 12.9. The number of methoxy groups -OCH3 is 1. The molecule has 3 aliphatic heterocycles. The predicted octanol–water partition coefficient (Wildman–Crippen LogP) is 4.69. The van der Waals surface area contributed by atoms with Gasteiger partial charge in [-0.3, -0.25) is 24.4 Å². The third-order valence-corrected chi connectivity index (χ3v) is 9.86. The number of aryl methyl sites for hydroxylation is 1. The van der Waals surface area contributed by atoms with Crippen LogP contribution >= 0.6 is 0 Å². The summed E-state index contributed by atoms with van der Waals surface area (Å²) in [5.74, 6) is 1.59. The van der Waals surface area contributed by atoms with Crippen molar-refractivity contribution < 1.29 is 14.4 Å². The van der Waals surface area contributed by atoms with Crippen LogP contribution in [0.15, 0.2) is 55.5 Å². The summed E-state index contributed by atoms with van der Waals surface area (Å²) in [6.45, 7) is 12.8. The summed E-state index contributed by atoms with van der Waals surface area (Å²) < 4.78 is 5.88. The van der Waals surface area contributed by atoms with Crippen LogP contribution in [0.4, 0.5) is 28.7 Å². The van der Waals surface area contributed by atoms with Gasteiger partial charge >= 0.3 is 0 Å². The number of hydroxylamine groups is 1. The van der Waals surface area contributed by atoms with Crippen molar-refractivity contribution in [2.75, 3.05) is 73.6 Å². The van der Waals surface area contributed by atoms with Crippen molar-refractivity contribution in [1.82, 2.24) is 24.8 Å². The molecule has 47 heavy (non-hydrogen) atoms. The summed E-state index contributed by atoms with van der Waals surface area (Å²) in [5.41, 5.74) is 4.34. The van der Waals surface area contributed by atoms with E-state index in [9.17, 15) is 4.79 Å². The highest BCUT2D eigenvalue weighted by Crippen LogP contribution is 2.41. The highest BCUT2D eigenvalue weighted by molar-refractivity contribution is 6.02. The fraction of sp³-hybridized carbons (Fsp3) is 0.486. The smallest absolute Gasteiger partial charge is 0.247 e. The molecule has 1 saturated carbocycles. The number of amides is 1. The molecule has 0 radical (unpaired) electrons. The van der Waals surface area contributed by atoms with Crippen molar-refractivity contribution >= 4 is 34.6 Å². The summed E-state index contributed by atoms with van der Waals surface area (Å²) in [7, 11) is 1.66. The SMILES string of the molecule is C=CC(=O)Nc1cc(Nc2cc(N3OCC[C@@H]3c3ccc(C)nc3)ncn2)c(OC)cc1N1CCC(N2CCN(C3CC3)CC2)CC1. The van der Waals surface area contributed by atoms with E-state index in [0.29, 0.717) is 41.4 Å².